The minimum absolute atomic E-state index is 0.238. The number of halogens is 1. The van der Waals surface area contributed by atoms with Crippen molar-refractivity contribution >= 4 is 11.1 Å². The highest BCUT2D eigenvalue weighted by Gasteiger charge is 2.28. The summed E-state index contributed by atoms with van der Waals surface area (Å²) < 4.78 is 27.5. The van der Waals surface area contributed by atoms with Crippen LogP contribution in [-0.2, 0) is 15.3 Å². The van der Waals surface area contributed by atoms with E-state index < -0.39 is 23.7 Å². The van der Waals surface area contributed by atoms with Crippen LogP contribution in [-0.4, -0.2) is 27.1 Å². The van der Waals surface area contributed by atoms with Crippen molar-refractivity contribution in [3.63, 3.8) is 0 Å². The predicted molar refractivity (Wildman–Crippen MR) is 51.8 cm³/mol. The molecular weight excluding hydrogens is 223 g/mol. The van der Waals surface area contributed by atoms with Gasteiger partial charge < -0.3 is 10.2 Å². The first-order chi connectivity index (χ1) is 6.94. The smallest absolute Gasteiger partial charge is 0.321 e. The second-order valence-electron chi connectivity index (χ2n) is 3.01. The second-order valence-corrected chi connectivity index (χ2v) is 4.12. The van der Waals surface area contributed by atoms with Crippen molar-refractivity contribution < 1.29 is 23.0 Å². The third-order valence-electron chi connectivity index (χ3n) is 1.60. The SMILES string of the molecule is Cc1ccc(S(=O)OC(O)(O)CF)cc1. The maximum Gasteiger partial charge on any atom is 0.321 e. The fourth-order valence-corrected chi connectivity index (χ4v) is 1.58. The van der Waals surface area contributed by atoms with Crippen molar-refractivity contribution in [2.45, 2.75) is 17.8 Å². The Morgan fingerprint density at radius 1 is 1.40 bits per heavy atom. The first kappa shape index (κ1) is 12.3. The van der Waals surface area contributed by atoms with Crippen LogP contribution >= 0.6 is 0 Å². The minimum atomic E-state index is -3.00. The molecule has 0 saturated carbocycles. The molecule has 1 aromatic carbocycles. The van der Waals surface area contributed by atoms with Gasteiger partial charge in [0.15, 0.2) is 17.8 Å². The second kappa shape index (κ2) is 4.80. The summed E-state index contributed by atoms with van der Waals surface area (Å²) in [5.41, 5.74) is 0.959. The monoisotopic (exact) mass is 234 g/mol. The average molecular weight is 234 g/mol. The van der Waals surface area contributed by atoms with Crippen molar-refractivity contribution in [2.75, 3.05) is 6.67 Å². The highest BCUT2D eigenvalue weighted by molar-refractivity contribution is 7.80. The summed E-state index contributed by atoms with van der Waals surface area (Å²) >= 11 is -2.10. The van der Waals surface area contributed by atoms with E-state index in [9.17, 15) is 8.60 Å². The normalized spacial score (nSPS) is 13.9. The Labute approximate surface area is 89.0 Å². The topological polar surface area (TPSA) is 66.8 Å². The van der Waals surface area contributed by atoms with Crippen molar-refractivity contribution in [1.29, 1.82) is 0 Å². The Kier molecular flexibility index (Phi) is 3.92. The van der Waals surface area contributed by atoms with E-state index in [-0.39, 0.29) is 4.90 Å². The van der Waals surface area contributed by atoms with E-state index in [0.717, 1.165) is 5.56 Å². The Balaban J connectivity index is 2.74. The van der Waals surface area contributed by atoms with Gasteiger partial charge in [0, 0.05) is 0 Å². The van der Waals surface area contributed by atoms with Crippen LogP contribution in [0.15, 0.2) is 29.2 Å². The van der Waals surface area contributed by atoms with Crippen LogP contribution in [0.2, 0.25) is 0 Å². The summed E-state index contributed by atoms with van der Waals surface area (Å²) in [6.07, 6.45) is 0. The van der Waals surface area contributed by atoms with Gasteiger partial charge in [-0.2, -0.15) is 0 Å². The van der Waals surface area contributed by atoms with Crippen molar-refractivity contribution in [2.24, 2.45) is 0 Å². The van der Waals surface area contributed by atoms with Crippen LogP contribution in [0.4, 0.5) is 4.39 Å². The third kappa shape index (κ3) is 3.67. The molecule has 1 aromatic rings. The molecule has 0 heterocycles. The Morgan fingerprint density at radius 2 is 1.93 bits per heavy atom. The van der Waals surface area contributed by atoms with Crippen LogP contribution < -0.4 is 0 Å². The van der Waals surface area contributed by atoms with Gasteiger partial charge in [-0.1, -0.05) is 17.7 Å². The van der Waals surface area contributed by atoms with Crippen LogP contribution in [0.5, 0.6) is 0 Å². The van der Waals surface area contributed by atoms with Gasteiger partial charge >= 0.3 is 5.97 Å². The predicted octanol–water partition coefficient (Wildman–Crippen LogP) is 0.642. The largest absolute Gasteiger partial charge is 0.341 e. The maximum atomic E-state index is 12.0. The van der Waals surface area contributed by atoms with Crippen LogP contribution in [0.1, 0.15) is 5.56 Å². The average Bonchev–Trinajstić information content (AvgIpc) is 2.18. The van der Waals surface area contributed by atoms with Gasteiger partial charge in [-0.25, -0.2) is 12.8 Å². The Bertz CT molecular complexity index is 350. The molecule has 84 valence electrons. The van der Waals surface area contributed by atoms with Crippen molar-refractivity contribution in [1.82, 2.24) is 0 Å². The lowest BCUT2D eigenvalue weighted by molar-refractivity contribution is -0.294. The molecule has 0 radical (unpaired) electrons. The first-order valence-electron chi connectivity index (χ1n) is 4.13. The van der Waals surface area contributed by atoms with Crippen LogP contribution in [0, 0.1) is 6.92 Å². The van der Waals surface area contributed by atoms with Crippen molar-refractivity contribution in [3.8, 4) is 0 Å². The fourth-order valence-electron chi connectivity index (χ4n) is 0.841. The lowest BCUT2D eigenvalue weighted by atomic mass is 10.2. The van der Waals surface area contributed by atoms with Crippen molar-refractivity contribution in [3.05, 3.63) is 29.8 Å². The third-order valence-corrected chi connectivity index (χ3v) is 2.67. The quantitative estimate of drug-likeness (QED) is 0.750. The van der Waals surface area contributed by atoms with Crippen LogP contribution in [0.3, 0.4) is 0 Å². The zero-order chi connectivity index (χ0) is 11.5. The Morgan fingerprint density at radius 3 is 2.40 bits per heavy atom. The maximum absolute atomic E-state index is 12.0. The van der Waals surface area contributed by atoms with Gasteiger partial charge in [0.2, 0.25) is 0 Å². The number of benzene rings is 1. The van der Waals surface area contributed by atoms with Gasteiger partial charge in [-0.3, -0.25) is 0 Å². The van der Waals surface area contributed by atoms with E-state index in [1.807, 2.05) is 6.92 Å². The lowest BCUT2D eigenvalue weighted by Crippen LogP contribution is -2.35. The molecule has 1 unspecified atom stereocenters. The molecule has 0 aliphatic heterocycles. The summed E-state index contributed by atoms with van der Waals surface area (Å²) in [6.45, 7) is 0.294. The van der Waals surface area contributed by atoms with E-state index >= 15 is 0 Å². The van der Waals surface area contributed by atoms with E-state index in [1.165, 1.54) is 12.1 Å². The lowest BCUT2D eigenvalue weighted by Gasteiger charge is -2.16. The summed E-state index contributed by atoms with van der Waals surface area (Å²) in [4.78, 5) is 0.238. The highest BCUT2D eigenvalue weighted by Crippen LogP contribution is 2.14. The number of aliphatic hydroxyl groups is 2. The molecule has 1 atom stereocenters. The van der Waals surface area contributed by atoms with Crippen LogP contribution in [0.25, 0.3) is 0 Å². The van der Waals surface area contributed by atoms with Gasteiger partial charge in [-0.05, 0) is 19.1 Å². The molecule has 0 bridgehead atoms. The van der Waals surface area contributed by atoms with E-state index in [0.29, 0.717) is 0 Å². The number of aryl methyl sites for hydroxylation is 1. The molecule has 15 heavy (non-hydrogen) atoms. The van der Waals surface area contributed by atoms with Gasteiger partial charge in [0.1, 0.15) is 0 Å². The molecule has 0 aliphatic rings. The molecule has 1 rings (SSSR count). The zero-order valence-corrected chi connectivity index (χ0v) is 8.83. The first-order valence-corrected chi connectivity index (χ1v) is 5.21. The highest BCUT2D eigenvalue weighted by atomic mass is 32.2. The van der Waals surface area contributed by atoms with Gasteiger partial charge in [0.05, 0.1) is 4.90 Å². The number of alkyl halides is 1. The molecule has 0 aromatic heterocycles. The molecule has 4 nitrogen and oxygen atoms in total. The van der Waals surface area contributed by atoms with E-state index in [2.05, 4.69) is 4.18 Å². The number of hydrogen-bond acceptors (Lipinski definition) is 4. The molecule has 0 saturated heterocycles. The molecule has 0 amide bonds. The molecule has 0 aliphatic carbocycles. The molecule has 6 heteroatoms. The summed E-state index contributed by atoms with van der Waals surface area (Å²) in [6, 6.07) is 6.37. The minimum Gasteiger partial charge on any atom is -0.341 e. The van der Waals surface area contributed by atoms with E-state index in [1.54, 1.807) is 12.1 Å². The number of hydrogen-bond donors (Lipinski definition) is 2. The molecule has 2 N–H and O–H groups in total. The summed E-state index contributed by atoms with van der Waals surface area (Å²) in [5.74, 6) is -3.00. The molecular formula is C9H11FO4S. The van der Waals surface area contributed by atoms with E-state index in [4.69, 9.17) is 10.2 Å². The molecule has 0 spiro atoms. The zero-order valence-electron chi connectivity index (χ0n) is 8.01. The molecule has 0 fully saturated rings. The number of rotatable bonds is 4. The standard InChI is InChI=1S/C9H11FO4S/c1-7-2-4-8(5-3-7)15(13)14-9(11,12)6-10/h2-5,11-12H,6H2,1H3. The summed E-state index contributed by atoms with van der Waals surface area (Å²) in [7, 11) is 0. The fraction of sp³-hybridized carbons (Fsp3) is 0.333. The summed E-state index contributed by atoms with van der Waals surface area (Å²) in [5, 5.41) is 17.5. The van der Waals surface area contributed by atoms with Gasteiger partial charge in [-0.15, -0.1) is 0 Å². The van der Waals surface area contributed by atoms with Gasteiger partial charge in [0.25, 0.3) is 0 Å². The Hall–Kier alpha value is -0.820.